The predicted octanol–water partition coefficient (Wildman–Crippen LogP) is 3.66. The van der Waals surface area contributed by atoms with Crippen LogP contribution in [0, 0.1) is 0 Å². The van der Waals surface area contributed by atoms with E-state index in [0.717, 1.165) is 0 Å². The van der Waals surface area contributed by atoms with Gasteiger partial charge in [-0.3, -0.25) is 4.79 Å². The van der Waals surface area contributed by atoms with Gasteiger partial charge in [0.05, 0.1) is 18.5 Å². The topological polar surface area (TPSA) is 114 Å². The van der Waals surface area contributed by atoms with Gasteiger partial charge in [0.2, 0.25) is 5.91 Å². The van der Waals surface area contributed by atoms with Gasteiger partial charge in [-0.1, -0.05) is 36.4 Å². The predicted molar refractivity (Wildman–Crippen MR) is 119 cm³/mol. The average molecular weight is 420 g/mol. The number of anilines is 2. The van der Waals surface area contributed by atoms with Crippen molar-refractivity contribution in [3.8, 4) is 17.2 Å². The minimum absolute atomic E-state index is 0.112. The zero-order valence-electron chi connectivity index (χ0n) is 16.9. The van der Waals surface area contributed by atoms with Crippen LogP contribution < -0.4 is 20.5 Å². The van der Waals surface area contributed by atoms with E-state index in [1.165, 1.54) is 25.3 Å². The molecule has 0 bridgehead atoms. The normalized spacial score (nSPS) is 12.8. The van der Waals surface area contributed by atoms with Gasteiger partial charge in [0.1, 0.15) is 18.0 Å². The number of hydrogen-bond acceptors (Lipinski definition) is 6. The number of carbonyl (C=O) groups excluding carboxylic acids is 1. The van der Waals surface area contributed by atoms with Crippen LogP contribution in [0.15, 0.2) is 84.9 Å². The van der Waals surface area contributed by atoms with Crippen LogP contribution in [0.25, 0.3) is 0 Å². The number of benzene rings is 3. The Morgan fingerprint density at radius 2 is 1.77 bits per heavy atom. The summed E-state index contributed by atoms with van der Waals surface area (Å²) in [5.41, 5.74) is 7.18. The lowest BCUT2D eigenvalue weighted by Crippen LogP contribution is -2.24. The Morgan fingerprint density at radius 1 is 1.06 bits per heavy atom. The van der Waals surface area contributed by atoms with Crippen molar-refractivity contribution in [3.05, 3.63) is 90.5 Å². The number of aliphatic hydroxyl groups excluding tert-OH is 1. The molecular formula is C24H24N2O5. The van der Waals surface area contributed by atoms with E-state index in [9.17, 15) is 15.0 Å². The zero-order chi connectivity index (χ0) is 22.2. The Kier molecular flexibility index (Phi) is 7.13. The van der Waals surface area contributed by atoms with Gasteiger partial charge in [-0.15, -0.1) is 0 Å². The SMILES string of the molecule is COc1ccc([C@H](O)[C@H](/C=C/C(=O)Nc2ccccc2N)Oc2ccccc2)cc1O. The number of amides is 1. The average Bonchev–Trinajstić information content (AvgIpc) is 2.78. The molecule has 0 unspecified atom stereocenters. The van der Waals surface area contributed by atoms with Crippen molar-refractivity contribution < 1.29 is 24.5 Å². The van der Waals surface area contributed by atoms with Crippen molar-refractivity contribution in [2.45, 2.75) is 12.2 Å². The van der Waals surface area contributed by atoms with E-state index in [0.29, 0.717) is 22.7 Å². The minimum Gasteiger partial charge on any atom is -0.504 e. The van der Waals surface area contributed by atoms with Crippen molar-refractivity contribution in [1.82, 2.24) is 0 Å². The number of para-hydroxylation sites is 3. The van der Waals surface area contributed by atoms with Crippen LogP contribution in [0.4, 0.5) is 11.4 Å². The second kappa shape index (κ2) is 10.2. The Balaban J connectivity index is 1.82. The summed E-state index contributed by atoms with van der Waals surface area (Å²) in [6.45, 7) is 0. The summed E-state index contributed by atoms with van der Waals surface area (Å²) in [5, 5.41) is 23.6. The second-order valence-electron chi connectivity index (χ2n) is 6.71. The van der Waals surface area contributed by atoms with E-state index in [1.807, 2.05) is 6.07 Å². The van der Waals surface area contributed by atoms with Crippen LogP contribution in [0.3, 0.4) is 0 Å². The molecule has 7 nitrogen and oxygen atoms in total. The van der Waals surface area contributed by atoms with E-state index in [2.05, 4.69) is 5.32 Å². The van der Waals surface area contributed by atoms with Crippen molar-refractivity contribution in [3.63, 3.8) is 0 Å². The molecular weight excluding hydrogens is 396 g/mol. The number of phenolic OH excluding ortho intramolecular Hbond substituents is 1. The lowest BCUT2D eigenvalue weighted by Gasteiger charge is -2.22. The maximum Gasteiger partial charge on any atom is 0.248 e. The number of phenols is 1. The number of aromatic hydroxyl groups is 1. The van der Waals surface area contributed by atoms with Crippen molar-refractivity contribution >= 4 is 17.3 Å². The number of nitrogens with one attached hydrogen (secondary N) is 1. The number of nitrogens with two attached hydrogens (primary N) is 1. The smallest absolute Gasteiger partial charge is 0.248 e. The maximum absolute atomic E-state index is 12.4. The molecule has 1 amide bonds. The van der Waals surface area contributed by atoms with Crippen molar-refractivity contribution in [1.29, 1.82) is 0 Å². The molecule has 2 atom stereocenters. The van der Waals surface area contributed by atoms with Crippen molar-refractivity contribution in [2.24, 2.45) is 0 Å². The Bertz CT molecular complexity index is 1050. The molecule has 5 N–H and O–H groups in total. The first-order valence-corrected chi connectivity index (χ1v) is 9.58. The van der Waals surface area contributed by atoms with Gasteiger partial charge in [-0.25, -0.2) is 0 Å². The van der Waals surface area contributed by atoms with E-state index < -0.39 is 18.1 Å². The summed E-state index contributed by atoms with van der Waals surface area (Å²) >= 11 is 0. The molecule has 160 valence electrons. The van der Waals surface area contributed by atoms with Crippen LogP contribution in [0.1, 0.15) is 11.7 Å². The molecule has 3 rings (SSSR count). The highest BCUT2D eigenvalue weighted by molar-refractivity contribution is 6.01. The minimum atomic E-state index is -1.16. The molecule has 0 aliphatic carbocycles. The van der Waals surface area contributed by atoms with Crippen molar-refractivity contribution in [2.75, 3.05) is 18.2 Å². The van der Waals surface area contributed by atoms with Gasteiger partial charge in [0.15, 0.2) is 11.5 Å². The molecule has 0 saturated heterocycles. The summed E-state index contributed by atoms with van der Waals surface area (Å²) in [6, 6.07) is 20.4. The quantitative estimate of drug-likeness (QED) is 0.327. The maximum atomic E-state index is 12.4. The number of ether oxygens (including phenoxy) is 2. The van der Waals surface area contributed by atoms with Gasteiger partial charge in [0, 0.05) is 6.08 Å². The number of aliphatic hydroxyl groups is 1. The van der Waals surface area contributed by atoms with Crippen LogP contribution in [-0.4, -0.2) is 29.3 Å². The third-order valence-corrected chi connectivity index (χ3v) is 4.53. The Labute approximate surface area is 180 Å². The summed E-state index contributed by atoms with van der Waals surface area (Å²) < 4.78 is 10.9. The molecule has 0 aromatic heterocycles. The first kappa shape index (κ1) is 21.7. The molecule has 7 heteroatoms. The fraction of sp³-hybridized carbons (Fsp3) is 0.125. The summed E-state index contributed by atoms with van der Waals surface area (Å²) in [4.78, 5) is 12.4. The molecule has 31 heavy (non-hydrogen) atoms. The highest BCUT2D eigenvalue weighted by Crippen LogP contribution is 2.31. The van der Waals surface area contributed by atoms with Gasteiger partial charge < -0.3 is 30.7 Å². The monoisotopic (exact) mass is 420 g/mol. The molecule has 0 saturated carbocycles. The van der Waals surface area contributed by atoms with Crippen LogP contribution >= 0.6 is 0 Å². The molecule has 0 aliphatic rings. The molecule has 0 heterocycles. The Morgan fingerprint density at radius 3 is 2.45 bits per heavy atom. The number of nitrogen functional groups attached to an aromatic ring is 1. The highest BCUT2D eigenvalue weighted by atomic mass is 16.5. The lowest BCUT2D eigenvalue weighted by molar-refractivity contribution is -0.112. The third kappa shape index (κ3) is 5.77. The number of carbonyl (C=O) groups is 1. The first-order chi connectivity index (χ1) is 15.0. The molecule has 0 fully saturated rings. The third-order valence-electron chi connectivity index (χ3n) is 4.53. The summed E-state index contributed by atoms with van der Waals surface area (Å²) in [6.07, 6.45) is 0.650. The number of rotatable bonds is 8. The van der Waals surface area contributed by atoms with Crippen LogP contribution in [-0.2, 0) is 4.79 Å². The fourth-order valence-corrected chi connectivity index (χ4v) is 2.91. The lowest BCUT2D eigenvalue weighted by atomic mass is 10.0. The van der Waals surface area contributed by atoms with Crippen LogP contribution in [0.2, 0.25) is 0 Å². The fourth-order valence-electron chi connectivity index (χ4n) is 2.91. The van der Waals surface area contributed by atoms with Gasteiger partial charge in [0.25, 0.3) is 0 Å². The standard InChI is InChI=1S/C24H24N2O5/c1-30-21-12-11-16(15-20(21)27)24(29)22(31-17-7-3-2-4-8-17)13-14-23(28)26-19-10-6-5-9-18(19)25/h2-15,22,24,27,29H,25H2,1H3,(H,26,28)/b14-13+/t22-,24-/m0/s1. The molecule has 0 aliphatic heterocycles. The molecule has 0 radical (unpaired) electrons. The van der Waals surface area contributed by atoms with E-state index in [-0.39, 0.29) is 11.5 Å². The zero-order valence-corrected chi connectivity index (χ0v) is 16.9. The number of hydrogen-bond donors (Lipinski definition) is 4. The van der Waals surface area contributed by atoms with Crippen LogP contribution in [0.5, 0.6) is 17.2 Å². The van der Waals surface area contributed by atoms with Gasteiger partial charge in [-0.2, -0.15) is 0 Å². The molecule has 3 aromatic rings. The van der Waals surface area contributed by atoms with E-state index in [1.54, 1.807) is 60.7 Å². The van der Waals surface area contributed by atoms with Gasteiger partial charge >= 0.3 is 0 Å². The molecule has 3 aromatic carbocycles. The van der Waals surface area contributed by atoms with Gasteiger partial charge in [-0.05, 0) is 48.0 Å². The molecule has 0 spiro atoms. The Hall–Kier alpha value is -3.97. The summed E-state index contributed by atoms with van der Waals surface area (Å²) in [7, 11) is 1.44. The largest absolute Gasteiger partial charge is 0.504 e. The van der Waals surface area contributed by atoms with E-state index in [4.69, 9.17) is 15.2 Å². The number of methoxy groups -OCH3 is 1. The highest BCUT2D eigenvalue weighted by Gasteiger charge is 2.22. The first-order valence-electron chi connectivity index (χ1n) is 9.58. The second-order valence-corrected chi connectivity index (χ2v) is 6.71. The summed E-state index contributed by atoms with van der Waals surface area (Å²) in [5.74, 6) is 0.261. The van der Waals surface area contributed by atoms with E-state index >= 15 is 0 Å².